The highest BCUT2D eigenvalue weighted by Gasteiger charge is 2.30. The Bertz CT molecular complexity index is 710. The van der Waals surface area contributed by atoms with E-state index in [9.17, 15) is 8.42 Å². The molecule has 0 aliphatic carbocycles. The van der Waals surface area contributed by atoms with Crippen molar-refractivity contribution in [2.24, 2.45) is 5.73 Å². The van der Waals surface area contributed by atoms with E-state index in [1.165, 1.54) is 0 Å². The molecule has 1 aliphatic rings. The summed E-state index contributed by atoms with van der Waals surface area (Å²) in [5.41, 5.74) is 8.36. The van der Waals surface area contributed by atoms with Crippen LogP contribution in [-0.4, -0.2) is 29.5 Å². The van der Waals surface area contributed by atoms with Gasteiger partial charge in [-0.15, -0.1) is 0 Å². The fourth-order valence-electron chi connectivity index (χ4n) is 2.87. The highest BCUT2D eigenvalue weighted by Crippen LogP contribution is 2.27. The van der Waals surface area contributed by atoms with E-state index in [0.717, 1.165) is 11.3 Å². The van der Waals surface area contributed by atoms with Crippen LogP contribution in [0.5, 0.6) is 0 Å². The van der Waals surface area contributed by atoms with Crippen molar-refractivity contribution in [3.05, 3.63) is 54.1 Å². The van der Waals surface area contributed by atoms with Crippen LogP contribution in [0.1, 0.15) is 29.8 Å². The molecule has 0 saturated carbocycles. The maximum atomic E-state index is 11.6. The van der Waals surface area contributed by atoms with Crippen molar-refractivity contribution in [1.29, 1.82) is 0 Å². The van der Waals surface area contributed by atoms with E-state index in [2.05, 4.69) is 4.98 Å². The Morgan fingerprint density at radius 2 is 2.10 bits per heavy atom. The van der Waals surface area contributed by atoms with Gasteiger partial charge in [-0.25, -0.2) is 13.4 Å². The second kappa shape index (κ2) is 5.61. The van der Waals surface area contributed by atoms with Gasteiger partial charge in [0.05, 0.1) is 29.6 Å². The molecular formula is C15H19N3O2S. The van der Waals surface area contributed by atoms with Gasteiger partial charge in [0.2, 0.25) is 0 Å². The smallest absolute Gasteiger partial charge is 0.152 e. The SMILES string of the molecule is N[C@H](Cc1ccccc1)c1cncn1C1CCS(=O)(=O)C1. The Morgan fingerprint density at radius 3 is 2.76 bits per heavy atom. The van der Waals surface area contributed by atoms with Crippen molar-refractivity contribution < 1.29 is 8.42 Å². The van der Waals surface area contributed by atoms with Gasteiger partial charge in [0.25, 0.3) is 0 Å². The number of aromatic nitrogens is 2. The Kier molecular flexibility index (Phi) is 3.82. The van der Waals surface area contributed by atoms with E-state index < -0.39 is 9.84 Å². The molecule has 6 heteroatoms. The maximum Gasteiger partial charge on any atom is 0.152 e. The van der Waals surface area contributed by atoms with Crippen molar-refractivity contribution in [3.63, 3.8) is 0 Å². The minimum absolute atomic E-state index is 0.0330. The van der Waals surface area contributed by atoms with Crippen LogP contribution >= 0.6 is 0 Å². The summed E-state index contributed by atoms with van der Waals surface area (Å²) in [4.78, 5) is 4.17. The Hall–Kier alpha value is -1.66. The molecule has 5 nitrogen and oxygen atoms in total. The lowest BCUT2D eigenvalue weighted by Crippen LogP contribution is -2.21. The van der Waals surface area contributed by atoms with Gasteiger partial charge in [-0.2, -0.15) is 0 Å². The molecule has 112 valence electrons. The minimum atomic E-state index is -2.91. The molecule has 0 amide bonds. The predicted octanol–water partition coefficient (Wildman–Crippen LogP) is 1.49. The zero-order valence-electron chi connectivity index (χ0n) is 11.7. The standard InChI is InChI=1S/C15H19N3O2S/c16-14(8-12-4-2-1-3-5-12)15-9-17-11-18(15)13-6-7-21(19,20)10-13/h1-5,9,11,13-14H,6-8,10,16H2/t13?,14-/m1/s1. The number of nitrogens with zero attached hydrogens (tertiary/aromatic N) is 2. The molecule has 1 aliphatic heterocycles. The van der Waals surface area contributed by atoms with Gasteiger partial charge in [0.1, 0.15) is 0 Å². The van der Waals surface area contributed by atoms with Crippen LogP contribution in [0.4, 0.5) is 0 Å². The van der Waals surface area contributed by atoms with Gasteiger partial charge >= 0.3 is 0 Å². The molecule has 1 unspecified atom stereocenters. The van der Waals surface area contributed by atoms with Crippen LogP contribution in [0.2, 0.25) is 0 Å². The van der Waals surface area contributed by atoms with Gasteiger partial charge in [-0.1, -0.05) is 30.3 Å². The van der Waals surface area contributed by atoms with E-state index in [-0.39, 0.29) is 23.6 Å². The molecule has 21 heavy (non-hydrogen) atoms. The molecular weight excluding hydrogens is 286 g/mol. The Balaban J connectivity index is 1.79. The minimum Gasteiger partial charge on any atom is -0.329 e. The van der Waals surface area contributed by atoms with Gasteiger partial charge < -0.3 is 10.3 Å². The molecule has 0 bridgehead atoms. The van der Waals surface area contributed by atoms with E-state index in [1.54, 1.807) is 12.5 Å². The summed E-state index contributed by atoms with van der Waals surface area (Å²) in [6.45, 7) is 0. The van der Waals surface area contributed by atoms with Gasteiger partial charge in [-0.3, -0.25) is 0 Å². The summed E-state index contributed by atoms with van der Waals surface area (Å²) < 4.78 is 25.2. The van der Waals surface area contributed by atoms with Crippen molar-refractivity contribution in [3.8, 4) is 0 Å². The zero-order valence-corrected chi connectivity index (χ0v) is 12.5. The summed E-state index contributed by atoms with van der Waals surface area (Å²) in [5.74, 6) is 0.442. The maximum absolute atomic E-state index is 11.6. The van der Waals surface area contributed by atoms with Crippen molar-refractivity contribution in [2.75, 3.05) is 11.5 Å². The molecule has 2 heterocycles. The number of hydrogen-bond acceptors (Lipinski definition) is 4. The van der Waals surface area contributed by atoms with Crippen LogP contribution in [0.25, 0.3) is 0 Å². The molecule has 1 aromatic heterocycles. The highest BCUT2D eigenvalue weighted by molar-refractivity contribution is 7.91. The lowest BCUT2D eigenvalue weighted by atomic mass is 10.0. The summed E-state index contributed by atoms with van der Waals surface area (Å²) in [6.07, 6.45) is 4.81. The average molecular weight is 305 g/mol. The van der Waals surface area contributed by atoms with E-state index in [4.69, 9.17) is 5.73 Å². The molecule has 0 spiro atoms. The molecule has 2 atom stereocenters. The van der Waals surface area contributed by atoms with Gasteiger partial charge in [-0.05, 0) is 18.4 Å². The molecule has 3 rings (SSSR count). The van der Waals surface area contributed by atoms with Crippen molar-refractivity contribution in [2.45, 2.75) is 24.9 Å². The quantitative estimate of drug-likeness (QED) is 0.928. The third-order valence-corrected chi connectivity index (χ3v) is 5.73. The predicted molar refractivity (Wildman–Crippen MR) is 81.6 cm³/mol. The zero-order chi connectivity index (χ0) is 14.9. The first-order chi connectivity index (χ1) is 10.1. The second-order valence-electron chi connectivity index (χ2n) is 5.58. The number of nitrogens with two attached hydrogens (primary N) is 1. The van der Waals surface area contributed by atoms with Gasteiger partial charge in [0, 0.05) is 12.2 Å². The first-order valence-electron chi connectivity index (χ1n) is 7.07. The van der Waals surface area contributed by atoms with E-state index in [1.807, 2.05) is 34.9 Å². The summed E-state index contributed by atoms with van der Waals surface area (Å²) in [7, 11) is -2.91. The lowest BCUT2D eigenvalue weighted by molar-refractivity contribution is 0.511. The average Bonchev–Trinajstić information content (AvgIpc) is 3.06. The topological polar surface area (TPSA) is 78.0 Å². The third kappa shape index (κ3) is 3.16. The Morgan fingerprint density at radius 1 is 1.33 bits per heavy atom. The van der Waals surface area contributed by atoms with Crippen LogP contribution in [0, 0.1) is 0 Å². The molecule has 2 N–H and O–H groups in total. The number of benzene rings is 1. The first kappa shape index (κ1) is 14.3. The molecule has 1 aromatic carbocycles. The molecule has 1 fully saturated rings. The first-order valence-corrected chi connectivity index (χ1v) is 8.89. The summed E-state index contributed by atoms with van der Waals surface area (Å²) in [6, 6.07) is 9.82. The monoisotopic (exact) mass is 305 g/mol. The normalized spacial score (nSPS) is 22.2. The lowest BCUT2D eigenvalue weighted by Gasteiger charge is -2.18. The van der Waals surface area contributed by atoms with Crippen molar-refractivity contribution >= 4 is 9.84 Å². The van der Waals surface area contributed by atoms with E-state index in [0.29, 0.717) is 12.8 Å². The van der Waals surface area contributed by atoms with Crippen LogP contribution in [-0.2, 0) is 16.3 Å². The van der Waals surface area contributed by atoms with Crippen molar-refractivity contribution in [1.82, 2.24) is 9.55 Å². The number of hydrogen-bond donors (Lipinski definition) is 1. The highest BCUT2D eigenvalue weighted by atomic mass is 32.2. The Labute approximate surface area is 124 Å². The summed E-state index contributed by atoms with van der Waals surface area (Å²) in [5, 5.41) is 0. The third-order valence-electron chi connectivity index (χ3n) is 3.98. The number of sulfone groups is 1. The fourth-order valence-corrected chi connectivity index (χ4v) is 4.59. The molecule has 0 radical (unpaired) electrons. The van der Waals surface area contributed by atoms with E-state index >= 15 is 0 Å². The number of rotatable bonds is 4. The van der Waals surface area contributed by atoms with Crippen LogP contribution < -0.4 is 5.73 Å². The van der Waals surface area contributed by atoms with Gasteiger partial charge in [0.15, 0.2) is 9.84 Å². The molecule has 2 aromatic rings. The number of imidazole rings is 1. The molecule has 1 saturated heterocycles. The largest absolute Gasteiger partial charge is 0.329 e. The second-order valence-corrected chi connectivity index (χ2v) is 7.81. The summed E-state index contributed by atoms with van der Waals surface area (Å²) >= 11 is 0. The van der Waals surface area contributed by atoms with Crippen LogP contribution in [0.15, 0.2) is 42.9 Å². The van der Waals surface area contributed by atoms with Crippen LogP contribution in [0.3, 0.4) is 0 Å². The fraction of sp³-hybridized carbons (Fsp3) is 0.400.